The van der Waals surface area contributed by atoms with Crippen molar-refractivity contribution in [2.45, 2.75) is 26.9 Å². The van der Waals surface area contributed by atoms with Crippen LogP contribution in [0, 0.1) is 19.7 Å². The largest absolute Gasteiger partial charge is 0.479 e. The first-order chi connectivity index (χ1) is 11.8. The number of ether oxygens (including phenoxy) is 2. The van der Waals surface area contributed by atoms with E-state index in [-0.39, 0.29) is 0 Å². The van der Waals surface area contributed by atoms with Crippen LogP contribution in [0.25, 0.3) is 0 Å². The number of benzene rings is 2. The summed E-state index contributed by atoms with van der Waals surface area (Å²) in [5, 5.41) is 2.68. The summed E-state index contributed by atoms with van der Waals surface area (Å²) < 4.78 is 23.1. The number of carbonyl (C=O) groups is 2. The zero-order valence-corrected chi connectivity index (χ0v) is 14.3. The fourth-order valence-corrected chi connectivity index (χ4v) is 2.26. The second kappa shape index (κ2) is 8.28. The van der Waals surface area contributed by atoms with Crippen molar-refractivity contribution in [3.8, 4) is 5.75 Å². The van der Waals surface area contributed by atoms with E-state index in [2.05, 4.69) is 5.32 Å². The molecule has 1 atom stereocenters. The van der Waals surface area contributed by atoms with Crippen molar-refractivity contribution < 1.29 is 23.5 Å². The van der Waals surface area contributed by atoms with E-state index in [1.54, 1.807) is 0 Å². The number of carbonyl (C=O) groups excluding carboxylic acids is 2. The van der Waals surface area contributed by atoms with E-state index in [0.29, 0.717) is 11.4 Å². The smallest absolute Gasteiger partial charge is 0.347 e. The van der Waals surface area contributed by atoms with Gasteiger partial charge in [-0.15, -0.1) is 0 Å². The highest BCUT2D eigenvalue weighted by Gasteiger charge is 2.18. The highest BCUT2D eigenvalue weighted by atomic mass is 19.1. The minimum Gasteiger partial charge on any atom is -0.479 e. The number of rotatable bonds is 6. The van der Waals surface area contributed by atoms with E-state index in [4.69, 9.17) is 9.47 Å². The molecule has 0 bridgehead atoms. The molecule has 6 heteroatoms. The number of nitrogens with one attached hydrogen (secondary N) is 1. The Kier molecular flexibility index (Phi) is 6.11. The Balaban J connectivity index is 1.81. The van der Waals surface area contributed by atoms with Crippen molar-refractivity contribution in [2.75, 3.05) is 11.9 Å². The molecule has 0 saturated carbocycles. The Morgan fingerprint density at radius 1 is 1.08 bits per heavy atom. The molecule has 132 valence electrons. The third-order valence-electron chi connectivity index (χ3n) is 3.31. The Labute approximate surface area is 145 Å². The first-order valence-corrected chi connectivity index (χ1v) is 7.80. The van der Waals surface area contributed by atoms with Gasteiger partial charge in [0.25, 0.3) is 5.91 Å². The Morgan fingerprint density at radius 2 is 1.68 bits per heavy atom. The maximum Gasteiger partial charge on any atom is 0.347 e. The van der Waals surface area contributed by atoms with Gasteiger partial charge in [0, 0.05) is 5.69 Å². The van der Waals surface area contributed by atoms with Gasteiger partial charge in [-0.05, 0) is 68.3 Å². The topological polar surface area (TPSA) is 64.6 Å². The average molecular weight is 345 g/mol. The molecule has 2 rings (SSSR count). The molecule has 2 aromatic rings. The summed E-state index contributed by atoms with van der Waals surface area (Å²) >= 11 is 0. The van der Waals surface area contributed by atoms with E-state index in [9.17, 15) is 14.0 Å². The van der Waals surface area contributed by atoms with Crippen molar-refractivity contribution in [3.05, 3.63) is 59.4 Å². The van der Waals surface area contributed by atoms with E-state index >= 15 is 0 Å². The zero-order chi connectivity index (χ0) is 18.4. The molecule has 0 radical (unpaired) electrons. The van der Waals surface area contributed by atoms with E-state index in [1.807, 2.05) is 32.0 Å². The van der Waals surface area contributed by atoms with E-state index < -0.39 is 30.4 Å². The van der Waals surface area contributed by atoms with Gasteiger partial charge in [0.2, 0.25) is 0 Å². The Morgan fingerprint density at radius 3 is 2.28 bits per heavy atom. The van der Waals surface area contributed by atoms with E-state index in [1.165, 1.54) is 31.2 Å². The summed E-state index contributed by atoms with van der Waals surface area (Å²) in [6.45, 7) is 4.94. The SMILES string of the molecule is Cc1cc(C)cc(NC(=O)COC(=O)[C@H](C)Oc2ccc(F)cc2)c1. The van der Waals surface area contributed by atoms with Crippen LogP contribution in [0.2, 0.25) is 0 Å². The third kappa shape index (κ3) is 5.91. The molecule has 0 fully saturated rings. The van der Waals surface area contributed by atoms with Crippen LogP contribution >= 0.6 is 0 Å². The quantitative estimate of drug-likeness (QED) is 0.815. The van der Waals surface area contributed by atoms with Gasteiger partial charge in [0.1, 0.15) is 11.6 Å². The summed E-state index contributed by atoms with van der Waals surface area (Å²) in [6, 6.07) is 10.9. The first kappa shape index (κ1) is 18.4. The number of anilines is 1. The van der Waals surface area contributed by atoms with Crippen molar-refractivity contribution in [1.82, 2.24) is 0 Å². The van der Waals surface area contributed by atoms with Crippen LogP contribution in [0.4, 0.5) is 10.1 Å². The summed E-state index contributed by atoms with van der Waals surface area (Å²) in [5.74, 6) is -1.18. The lowest BCUT2D eigenvalue weighted by molar-refractivity contribution is -0.153. The van der Waals surface area contributed by atoms with Gasteiger partial charge in [-0.25, -0.2) is 9.18 Å². The fourth-order valence-electron chi connectivity index (χ4n) is 2.26. The van der Waals surface area contributed by atoms with Gasteiger partial charge in [-0.2, -0.15) is 0 Å². The highest BCUT2D eigenvalue weighted by molar-refractivity contribution is 5.93. The second-order valence-corrected chi connectivity index (χ2v) is 5.75. The van der Waals surface area contributed by atoms with Gasteiger partial charge >= 0.3 is 5.97 Å². The molecule has 0 heterocycles. The monoisotopic (exact) mass is 345 g/mol. The van der Waals surface area contributed by atoms with Gasteiger partial charge in [0.15, 0.2) is 12.7 Å². The van der Waals surface area contributed by atoms with Crippen LogP contribution in [0.1, 0.15) is 18.1 Å². The average Bonchev–Trinajstić information content (AvgIpc) is 2.53. The van der Waals surface area contributed by atoms with Gasteiger partial charge in [-0.3, -0.25) is 4.79 Å². The Bertz CT molecular complexity index is 738. The van der Waals surface area contributed by atoms with Crippen molar-refractivity contribution >= 4 is 17.6 Å². The highest BCUT2D eigenvalue weighted by Crippen LogP contribution is 2.15. The third-order valence-corrected chi connectivity index (χ3v) is 3.31. The molecule has 0 saturated heterocycles. The fraction of sp³-hybridized carbons (Fsp3) is 0.263. The minimum absolute atomic E-state index is 0.338. The van der Waals surface area contributed by atoms with Crippen LogP contribution in [-0.4, -0.2) is 24.6 Å². The van der Waals surface area contributed by atoms with Crippen LogP contribution in [0.15, 0.2) is 42.5 Å². The molecule has 2 aromatic carbocycles. The van der Waals surface area contributed by atoms with E-state index in [0.717, 1.165) is 11.1 Å². The minimum atomic E-state index is -0.917. The summed E-state index contributed by atoms with van der Waals surface area (Å²) in [4.78, 5) is 23.8. The molecule has 5 nitrogen and oxygen atoms in total. The lowest BCUT2D eigenvalue weighted by atomic mass is 10.1. The molecule has 1 amide bonds. The number of esters is 1. The van der Waals surface area contributed by atoms with Crippen molar-refractivity contribution in [1.29, 1.82) is 0 Å². The first-order valence-electron chi connectivity index (χ1n) is 7.80. The van der Waals surface area contributed by atoms with Crippen LogP contribution in [0.3, 0.4) is 0 Å². The number of hydrogen-bond donors (Lipinski definition) is 1. The number of amides is 1. The molecular weight excluding hydrogens is 325 g/mol. The normalized spacial score (nSPS) is 11.5. The molecular formula is C19H20FNO4. The molecule has 25 heavy (non-hydrogen) atoms. The Hall–Kier alpha value is -2.89. The van der Waals surface area contributed by atoms with Crippen molar-refractivity contribution in [2.24, 2.45) is 0 Å². The van der Waals surface area contributed by atoms with Crippen molar-refractivity contribution in [3.63, 3.8) is 0 Å². The van der Waals surface area contributed by atoms with Gasteiger partial charge < -0.3 is 14.8 Å². The molecule has 0 aliphatic heterocycles. The molecule has 0 aliphatic rings. The predicted octanol–water partition coefficient (Wildman–Crippen LogP) is 3.39. The van der Waals surface area contributed by atoms with Gasteiger partial charge in [-0.1, -0.05) is 6.07 Å². The number of hydrogen-bond acceptors (Lipinski definition) is 4. The zero-order valence-electron chi connectivity index (χ0n) is 14.3. The lowest BCUT2D eigenvalue weighted by Gasteiger charge is -2.14. The molecule has 0 spiro atoms. The molecule has 0 unspecified atom stereocenters. The predicted molar refractivity (Wildman–Crippen MR) is 92.0 cm³/mol. The molecule has 0 aliphatic carbocycles. The van der Waals surface area contributed by atoms with Crippen LogP contribution in [-0.2, 0) is 14.3 Å². The molecule has 0 aromatic heterocycles. The summed E-state index contributed by atoms with van der Waals surface area (Å²) in [7, 11) is 0. The second-order valence-electron chi connectivity index (χ2n) is 5.75. The maximum atomic E-state index is 12.8. The number of aryl methyl sites for hydroxylation is 2. The number of halogens is 1. The van der Waals surface area contributed by atoms with Crippen LogP contribution in [0.5, 0.6) is 5.75 Å². The maximum absolute atomic E-state index is 12.8. The van der Waals surface area contributed by atoms with Crippen LogP contribution < -0.4 is 10.1 Å². The van der Waals surface area contributed by atoms with Gasteiger partial charge in [0.05, 0.1) is 0 Å². The summed E-state index contributed by atoms with van der Waals surface area (Å²) in [5.41, 5.74) is 2.69. The lowest BCUT2D eigenvalue weighted by Crippen LogP contribution is -2.29. The summed E-state index contributed by atoms with van der Waals surface area (Å²) in [6.07, 6.45) is -0.917. The molecule has 1 N–H and O–H groups in total. The standard InChI is InChI=1S/C19H20FNO4/c1-12-8-13(2)10-16(9-12)21-18(22)11-24-19(23)14(3)25-17-6-4-15(20)5-7-17/h4-10,14H,11H2,1-3H3,(H,21,22)/t14-/m0/s1.